The van der Waals surface area contributed by atoms with E-state index < -0.39 is 0 Å². The van der Waals surface area contributed by atoms with E-state index in [-0.39, 0.29) is 30.3 Å². The van der Waals surface area contributed by atoms with Crippen LogP contribution in [-0.2, 0) is 4.79 Å². The molecule has 0 aliphatic carbocycles. The first-order valence-corrected chi connectivity index (χ1v) is 9.95. The van der Waals surface area contributed by atoms with E-state index in [2.05, 4.69) is 5.32 Å². The molecule has 3 rings (SSSR count). The number of amides is 2. The molecule has 2 fully saturated rings. The smallest absolute Gasteiger partial charge is 0.254 e. The highest BCUT2D eigenvalue weighted by Gasteiger charge is 2.37. The quantitative estimate of drug-likeness (QED) is 0.789. The van der Waals surface area contributed by atoms with Crippen LogP contribution in [0.4, 0.5) is 0 Å². The first-order valence-electron chi connectivity index (χ1n) is 9.20. The molecule has 2 saturated heterocycles. The summed E-state index contributed by atoms with van der Waals surface area (Å²) in [5, 5.41) is 4.06. The monoisotopic (exact) mass is 433 g/mol. The van der Waals surface area contributed by atoms with Crippen LogP contribution < -0.4 is 5.32 Å². The predicted molar refractivity (Wildman–Crippen MR) is 111 cm³/mol. The molecule has 1 atom stereocenters. The van der Waals surface area contributed by atoms with Crippen molar-refractivity contribution in [3.63, 3.8) is 0 Å². The lowest BCUT2D eigenvalue weighted by atomic mass is 9.96. The summed E-state index contributed by atoms with van der Waals surface area (Å²) in [6.07, 6.45) is 3.58. The molecule has 2 amide bonds. The van der Waals surface area contributed by atoms with E-state index >= 15 is 0 Å². The molecule has 2 aliphatic heterocycles. The van der Waals surface area contributed by atoms with E-state index in [1.165, 1.54) is 0 Å². The van der Waals surface area contributed by atoms with Crippen LogP contribution in [0.1, 0.15) is 36.0 Å². The number of nitrogens with zero attached hydrogens (tertiary/aromatic N) is 2. The van der Waals surface area contributed by atoms with E-state index in [1.54, 1.807) is 23.1 Å². The molecule has 2 heterocycles. The molecule has 5 nitrogen and oxygen atoms in total. The third kappa shape index (κ3) is 5.29. The Hall–Kier alpha value is -1.01. The minimum Gasteiger partial charge on any atom is -0.341 e. The van der Waals surface area contributed by atoms with Gasteiger partial charge in [-0.1, -0.05) is 23.2 Å². The third-order valence-electron chi connectivity index (χ3n) is 5.33. The summed E-state index contributed by atoms with van der Waals surface area (Å²) in [5.41, 5.74) is 0.440. The lowest BCUT2D eigenvalue weighted by molar-refractivity contribution is -0.136. The number of carbonyl (C=O) groups excluding carboxylic acids is 2. The molecule has 1 aromatic carbocycles. The highest BCUT2D eigenvalue weighted by Crippen LogP contribution is 2.26. The molecule has 1 unspecified atom stereocenters. The third-order valence-corrected chi connectivity index (χ3v) is 5.76. The number of nitrogens with one attached hydrogen (secondary N) is 1. The van der Waals surface area contributed by atoms with Gasteiger partial charge in [0, 0.05) is 35.2 Å². The van der Waals surface area contributed by atoms with E-state index in [1.807, 2.05) is 11.9 Å². The maximum Gasteiger partial charge on any atom is 0.254 e. The van der Waals surface area contributed by atoms with Crippen LogP contribution in [-0.4, -0.2) is 60.9 Å². The Kier molecular flexibility index (Phi) is 8.22. The minimum atomic E-state index is -0.374. The van der Waals surface area contributed by atoms with E-state index in [0.29, 0.717) is 28.1 Å². The zero-order chi connectivity index (χ0) is 18.7. The Labute approximate surface area is 176 Å². The number of rotatable bonds is 4. The van der Waals surface area contributed by atoms with Crippen molar-refractivity contribution >= 4 is 47.4 Å². The molecule has 0 spiro atoms. The van der Waals surface area contributed by atoms with Crippen LogP contribution in [0.15, 0.2) is 18.2 Å². The van der Waals surface area contributed by atoms with Crippen molar-refractivity contribution in [1.29, 1.82) is 0 Å². The van der Waals surface area contributed by atoms with Crippen molar-refractivity contribution in [1.82, 2.24) is 15.1 Å². The SMILES string of the molecule is CNCC1CCN(C(=O)C2CCCN2C(=O)c2cc(Cl)cc(Cl)c2)CC1.Cl. The number of halogens is 3. The van der Waals surface area contributed by atoms with Gasteiger partial charge in [0.25, 0.3) is 5.91 Å². The summed E-state index contributed by atoms with van der Waals surface area (Å²) in [4.78, 5) is 29.5. The second-order valence-corrected chi connectivity index (χ2v) is 8.01. The molecule has 0 saturated carbocycles. The van der Waals surface area contributed by atoms with Crippen molar-refractivity contribution in [2.75, 3.05) is 33.2 Å². The first-order chi connectivity index (χ1) is 12.5. The normalized spacial score (nSPS) is 20.5. The number of hydrogen-bond acceptors (Lipinski definition) is 3. The van der Waals surface area contributed by atoms with Gasteiger partial charge in [-0.05, 0) is 63.4 Å². The molecule has 1 aromatic rings. The summed E-state index contributed by atoms with van der Waals surface area (Å²) in [6.45, 7) is 3.13. The van der Waals surface area contributed by atoms with E-state index in [9.17, 15) is 9.59 Å². The molecular formula is C19H26Cl3N3O2. The second-order valence-electron chi connectivity index (χ2n) is 7.14. The second kappa shape index (κ2) is 9.97. The van der Waals surface area contributed by atoms with Gasteiger partial charge in [0.1, 0.15) is 6.04 Å². The Morgan fingerprint density at radius 2 is 1.70 bits per heavy atom. The highest BCUT2D eigenvalue weighted by molar-refractivity contribution is 6.35. The summed E-state index contributed by atoms with van der Waals surface area (Å²) < 4.78 is 0. The Balaban J connectivity index is 0.00000261. The number of hydrogen-bond donors (Lipinski definition) is 1. The van der Waals surface area contributed by atoms with Crippen LogP contribution in [0.3, 0.4) is 0 Å². The number of carbonyl (C=O) groups is 2. The molecule has 2 aliphatic rings. The van der Waals surface area contributed by atoms with Gasteiger partial charge < -0.3 is 15.1 Å². The average molecular weight is 435 g/mol. The molecular weight excluding hydrogens is 409 g/mol. The molecule has 150 valence electrons. The summed E-state index contributed by atoms with van der Waals surface area (Å²) in [5.74, 6) is 0.529. The lowest BCUT2D eigenvalue weighted by Crippen LogP contribution is -2.50. The standard InChI is InChI=1S/C19H25Cl2N3O2.ClH/c1-22-12-13-4-7-23(8-5-13)19(26)17-3-2-6-24(17)18(25)14-9-15(20)11-16(21)10-14;/h9-11,13,17,22H,2-8,12H2,1H3;1H. The van der Waals surface area contributed by atoms with Crippen LogP contribution in [0.2, 0.25) is 10.0 Å². The average Bonchev–Trinajstić information content (AvgIpc) is 3.10. The number of benzene rings is 1. The molecule has 1 N–H and O–H groups in total. The number of piperidine rings is 1. The number of likely N-dealkylation sites (tertiary alicyclic amines) is 2. The highest BCUT2D eigenvalue weighted by atomic mass is 35.5. The molecule has 8 heteroatoms. The Morgan fingerprint density at radius 3 is 2.30 bits per heavy atom. The van der Waals surface area contributed by atoms with Gasteiger partial charge in [0.05, 0.1) is 0 Å². The van der Waals surface area contributed by atoms with Crippen LogP contribution in [0, 0.1) is 5.92 Å². The van der Waals surface area contributed by atoms with Gasteiger partial charge in [0.2, 0.25) is 5.91 Å². The van der Waals surface area contributed by atoms with Gasteiger partial charge in [-0.15, -0.1) is 12.4 Å². The fourth-order valence-corrected chi connectivity index (χ4v) is 4.49. The van der Waals surface area contributed by atoms with E-state index in [4.69, 9.17) is 23.2 Å². The summed E-state index contributed by atoms with van der Waals surface area (Å²) >= 11 is 12.1. The lowest BCUT2D eigenvalue weighted by Gasteiger charge is -2.35. The van der Waals surface area contributed by atoms with Gasteiger partial charge in [-0.2, -0.15) is 0 Å². The maximum atomic E-state index is 13.0. The topological polar surface area (TPSA) is 52.7 Å². The van der Waals surface area contributed by atoms with Crippen molar-refractivity contribution < 1.29 is 9.59 Å². The largest absolute Gasteiger partial charge is 0.341 e. The van der Waals surface area contributed by atoms with Gasteiger partial charge in [-0.3, -0.25) is 9.59 Å². The van der Waals surface area contributed by atoms with Crippen LogP contribution in [0.25, 0.3) is 0 Å². The fourth-order valence-electron chi connectivity index (χ4n) is 3.97. The summed E-state index contributed by atoms with van der Waals surface area (Å²) in [6, 6.07) is 4.45. The first kappa shape index (κ1) is 22.3. The fraction of sp³-hybridized carbons (Fsp3) is 0.579. The zero-order valence-electron chi connectivity index (χ0n) is 15.4. The van der Waals surface area contributed by atoms with Gasteiger partial charge in [0.15, 0.2) is 0 Å². The zero-order valence-corrected chi connectivity index (χ0v) is 17.7. The van der Waals surface area contributed by atoms with Crippen LogP contribution >= 0.6 is 35.6 Å². The van der Waals surface area contributed by atoms with Crippen molar-refractivity contribution in [2.45, 2.75) is 31.7 Å². The molecule has 27 heavy (non-hydrogen) atoms. The van der Waals surface area contributed by atoms with Gasteiger partial charge in [-0.25, -0.2) is 0 Å². The van der Waals surface area contributed by atoms with Crippen LogP contribution in [0.5, 0.6) is 0 Å². The molecule has 0 bridgehead atoms. The maximum absolute atomic E-state index is 13.0. The minimum absolute atomic E-state index is 0. The van der Waals surface area contributed by atoms with Gasteiger partial charge >= 0.3 is 0 Å². The van der Waals surface area contributed by atoms with Crippen molar-refractivity contribution in [2.24, 2.45) is 5.92 Å². The summed E-state index contributed by atoms with van der Waals surface area (Å²) in [7, 11) is 1.96. The Morgan fingerprint density at radius 1 is 1.07 bits per heavy atom. The van der Waals surface area contributed by atoms with Crippen molar-refractivity contribution in [3.8, 4) is 0 Å². The Bertz CT molecular complexity index is 658. The molecule has 0 radical (unpaired) electrons. The van der Waals surface area contributed by atoms with Crippen molar-refractivity contribution in [3.05, 3.63) is 33.8 Å². The molecule has 0 aromatic heterocycles. The van der Waals surface area contributed by atoms with E-state index in [0.717, 1.165) is 45.3 Å². The predicted octanol–water partition coefficient (Wildman–Crippen LogP) is 3.48.